The minimum atomic E-state index is 0.514. The Hall–Kier alpha value is -2.18. The molecule has 128 valence electrons. The molecule has 1 aromatic heterocycles. The van der Waals surface area contributed by atoms with Gasteiger partial charge in [0.2, 0.25) is 5.89 Å². The van der Waals surface area contributed by atoms with Crippen LogP contribution in [0.1, 0.15) is 12.0 Å². The molecule has 1 aliphatic rings. The lowest BCUT2D eigenvalue weighted by Gasteiger charge is -2.10. The quantitative estimate of drug-likeness (QED) is 0.609. The molecule has 0 saturated carbocycles. The number of fused-ring (bicyclic) bond motifs is 1. The highest BCUT2D eigenvalue weighted by atomic mass is 35.5. The van der Waals surface area contributed by atoms with E-state index in [9.17, 15) is 0 Å². The van der Waals surface area contributed by atoms with E-state index in [2.05, 4.69) is 10.2 Å². The molecular weight excluding hydrogens is 360 g/mol. The van der Waals surface area contributed by atoms with Crippen LogP contribution in [-0.2, 0) is 5.75 Å². The molecule has 0 spiro atoms. The molecule has 5 nitrogen and oxygen atoms in total. The molecule has 1 aliphatic heterocycles. The molecule has 0 saturated heterocycles. The highest BCUT2D eigenvalue weighted by Gasteiger charge is 2.16. The molecule has 0 amide bonds. The molecule has 0 bridgehead atoms. The molecule has 0 radical (unpaired) electrons. The van der Waals surface area contributed by atoms with Gasteiger partial charge in [-0.1, -0.05) is 41.6 Å². The Morgan fingerprint density at radius 2 is 1.88 bits per heavy atom. The second-order valence-electron chi connectivity index (χ2n) is 5.48. The summed E-state index contributed by atoms with van der Waals surface area (Å²) in [6, 6.07) is 13.5. The average molecular weight is 375 g/mol. The topological polar surface area (TPSA) is 57.4 Å². The normalized spacial score (nSPS) is 13.5. The standard InChI is InChI=1S/C18H15ClN2O3S/c19-14-9-12(10-15-16(14)23-8-4-7-22-15)11-25-18-21-20-17(24-18)13-5-2-1-3-6-13/h1-3,5-6,9-10H,4,7-8,11H2. The zero-order valence-corrected chi connectivity index (χ0v) is 14.8. The van der Waals surface area contributed by atoms with Crippen LogP contribution in [0.25, 0.3) is 11.5 Å². The minimum absolute atomic E-state index is 0.514. The second-order valence-corrected chi connectivity index (χ2v) is 6.82. The summed E-state index contributed by atoms with van der Waals surface area (Å²) in [4.78, 5) is 0. The Kier molecular flexibility index (Phi) is 4.81. The van der Waals surface area contributed by atoms with Crippen molar-refractivity contribution in [3.05, 3.63) is 53.1 Å². The van der Waals surface area contributed by atoms with Crippen molar-refractivity contribution in [1.82, 2.24) is 10.2 Å². The van der Waals surface area contributed by atoms with Crippen LogP contribution in [0.4, 0.5) is 0 Å². The number of aromatic nitrogens is 2. The summed E-state index contributed by atoms with van der Waals surface area (Å²) in [7, 11) is 0. The molecule has 0 unspecified atom stereocenters. The van der Waals surface area contributed by atoms with Crippen LogP contribution in [0.5, 0.6) is 11.5 Å². The zero-order valence-electron chi connectivity index (χ0n) is 13.3. The molecule has 0 atom stereocenters. The smallest absolute Gasteiger partial charge is 0.277 e. The van der Waals surface area contributed by atoms with E-state index in [1.165, 1.54) is 11.8 Å². The monoisotopic (exact) mass is 374 g/mol. The molecule has 0 fully saturated rings. The van der Waals surface area contributed by atoms with Crippen LogP contribution in [0.15, 0.2) is 52.1 Å². The van der Waals surface area contributed by atoms with Crippen molar-refractivity contribution in [2.24, 2.45) is 0 Å². The van der Waals surface area contributed by atoms with E-state index in [-0.39, 0.29) is 0 Å². The lowest BCUT2D eigenvalue weighted by atomic mass is 10.2. The number of rotatable bonds is 4. The Bertz CT molecular complexity index is 870. The second kappa shape index (κ2) is 7.37. The van der Waals surface area contributed by atoms with Gasteiger partial charge in [0.05, 0.1) is 18.2 Å². The van der Waals surface area contributed by atoms with E-state index in [0.717, 1.165) is 17.5 Å². The number of nitrogens with zero attached hydrogens (tertiary/aromatic N) is 2. The summed E-state index contributed by atoms with van der Waals surface area (Å²) in [5.74, 6) is 2.47. The van der Waals surface area contributed by atoms with Crippen LogP contribution < -0.4 is 9.47 Å². The highest BCUT2D eigenvalue weighted by molar-refractivity contribution is 7.98. The van der Waals surface area contributed by atoms with E-state index >= 15 is 0 Å². The molecule has 2 heterocycles. The van der Waals surface area contributed by atoms with Gasteiger partial charge in [-0.3, -0.25) is 0 Å². The van der Waals surface area contributed by atoms with Gasteiger partial charge in [-0.05, 0) is 29.8 Å². The SMILES string of the molecule is Clc1cc(CSc2nnc(-c3ccccc3)o2)cc2c1OCCCO2. The maximum atomic E-state index is 6.32. The van der Waals surface area contributed by atoms with Crippen LogP contribution in [-0.4, -0.2) is 23.4 Å². The third-order valence-electron chi connectivity index (χ3n) is 3.65. The van der Waals surface area contributed by atoms with Crippen molar-refractivity contribution in [3.8, 4) is 23.0 Å². The van der Waals surface area contributed by atoms with E-state index in [1.54, 1.807) is 0 Å². The van der Waals surface area contributed by atoms with E-state index in [4.69, 9.17) is 25.5 Å². The van der Waals surface area contributed by atoms with Gasteiger partial charge in [-0.15, -0.1) is 10.2 Å². The predicted octanol–water partition coefficient (Wildman–Crippen LogP) is 4.84. The van der Waals surface area contributed by atoms with Gasteiger partial charge in [0.25, 0.3) is 5.22 Å². The molecular formula is C18H15ClN2O3S. The first-order chi connectivity index (χ1) is 12.3. The van der Waals surface area contributed by atoms with Gasteiger partial charge >= 0.3 is 0 Å². The van der Waals surface area contributed by atoms with Crippen molar-refractivity contribution in [2.45, 2.75) is 17.4 Å². The Balaban J connectivity index is 1.48. The maximum Gasteiger partial charge on any atom is 0.277 e. The van der Waals surface area contributed by atoms with Gasteiger partial charge in [-0.2, -0.15) is 0 Å². The van der Waals surface area contributed by atoms with Gasteiger partial charge in [0.15, 0.2) is 11.5 Å². The Labute approximate surface area is 154 Å². The first-order valence-corrected chi connectivity index (χ1v) is 9.26. The zero-order chi connectivity index (χ0) is 17.1. The molecule has 2 aromatic carbocycles. The van der Waals surface area contributed by atoms with Crippen molar-refractivity contribution in [1.29, 1.82) is 0 Å². The lowest BCUT2D eigenvalue weighted by molar-refractivity contribution is 0.297. The van der Waals surface area contributed by atoms with Crippen LogP contribution in [0.2, 0.25) is 5.02 Å². The summed E-state index contributed by atoms with van der Waals surface area (Å²) in [6.45, 7) is 1.25. The summed E-state index contributed by atoms with van der Waals surface area (Å²) in [6.07, 6.45) is 0.847. The number of thioether (sulfide) groups is 1. The largest absolute Gasteiger partial charge is 0.489 e. The van der Waals surface area contributed by atoms with Crippen LogP contribution in [0.3, 0.4) is 0 Å². The average Bonchev–Trinajstić information content (AvgIpc) is 2.98. The van der Waals surface area contributed by atoms with E-state index in [0.29, 0.717) is 46.6 Å². The van der Waals surface area contributed by atoms with Crippen LogP contribution >= 0.6 is 23.4 Å². The number of hydrogen-bond donors (Lipinski definition) is 0. The third kappa shape index (κ3) is 3.75. The maximum absolute atomic E-state index is 6.32. The fourth-order valence-electron chi connectivity index (χ4n) is 2.48. The molecule has 4 rings (SSSR count). The molecule has 3 aromatic rings. The molecule has 25 heavy (non-hydrogen) atoms. The fourth-order valence-corrected chi connectivity index (χ4v) is 3.46. The summed E-state index contributed by atoms with van der Waals surface area (Å²) in [5.41, 5.74) is 1.92. The number of halogens is 1. The lowest BCUT2D eigenvalue weighted by Crippen LogP contribution is -1.97. The summed E-state index contributed by atoms with van der Waals surface area (Å²) >= 11 is 7.78. The van der Waals surface area contributed by atoms with Gasteiger partial charge in [-0.25, -0.2) is 0 Å². The molecule has 0 aliphatic carbocycles. The van der Waals surface area contributed by atoms with Crippen molar-refractivity contribution >= 4 is 23.4 Å². The van der Waals surface area contributed by atoms with E-state index in [1.807, 2.05) is 42.5 Å². The minimum Gasteiger partial charge on any atom is -0.489 e. The van der Waals surface area contributed by atoms with E-state index < -0.39 is 0 Å². The number of ether oxygens (including phenoxy) is 2. The third-order valence-corrected chi connectivity index (χ3v) is 4.82. The van der Waals surface area contributed by atoms with Gasteiger partial charge < -0.3 is 13.9 Å². The number of hydrogen-bond acceptors (Lipinski definition) is 6. The summed E-state index contributed by atoms with van der Waals surface area (Å²) < 4.78 is 17.1. The van der Waals surface area contributed by atoms with Crippen molar-refractivity contribution in [3.63, 3.8) is 0 Å². The molecule has 7 heteroatoms. The highest BCUT2D eigenvalue weighted by Crippen LogP contribution is 2.39. The Morgan fingerprint density at radius 1 is 1.04 bits per heavy atom. The first-order valence-electron chi connectivity index (χ1n) is 7.89. The Morgan fingerprint density at radius 3 is 2.76 bits per heavy atom. The van der Waals surface area contributed by atoms with Crippen LogP contribution in [0, 0.1) is 0 Å². The van der Waals surface area contributed by atoms with Gasteiger partial charge in [0, 0.05) is 17.7 Å². The summed E-state index contributed by atoms with van der Waals surface area (Å²) in [5, 5.41) is 9.26. The number of benzene rings is 2. The van der Waals surface area contributed by atoms with Crippen molar-refractivity contribution < 1.29 is 13.9 Å². The van der Waals surface area contributed by atoms with Gasteiger partial charge in [0.1, 0.15) is 0 Å². The predicted molar refractivity (Wildman–Crippen MR) is 96.4 cm³/mol. The first kappa shape index (κ1) is 16.3. The van der Waals surface area contributed by atoms with Crippen molar-refractivity contribution in [2.75, 3.05) is 13.2 Å². The fraction of sp³-hybridized carbons (Fsp3) is 0.222. The molecule has 0 N–H and O–H groups in total.